The number of nitrogens with zero attached hydrogens (tertiary/aromatic N) is 4. The number of rotatable bonds is 24. The zero-order valence-corrected chi connectivity index (χ0v) is 48.2. The SMILES string of the molecule is CN[C@@H](C)C(=O)N[C@H](C(=O)N1C[C@H](OC)C[C@@H]1CN(CCc1ccccc1)C(=O)c1ccc2cc(C(=O)N(CCc3ccccc3)C[C@@H]3C[C@@H](OC)CN3C(=O)[C@@H](NC(=O)[C@H](C)NC)C3CCCCC3)ccc2c1)C1CCCCC1. The Balaban J connectivity index is 1.04. The summed E-state index contributed by atoms with van der Waals surface area (Å²) in [7, 11) is 6.79. The van der Waals surface area contributed by atoms with Gasteiger partial charge < -0.3 is 50.3 Å². The highest BCUT2D eigenvalue weighted by Gasteiger charge is 2.45. The minimum Gasteiger partial charge on any atom is -0.380 e. The van der Waals surface area contributed by atoms with E-state index in [4.69, 9.17) is 9.47 Å². The first-order chi connectivity index (χ1) is 38.8. The average Bonchev–Trinajstić information content (AvgIpc) is 4.13. The molecule has 0 aromatic heterocycles. The molecule has 4 aliphatic rings. The quantitative estimate of drug-likeness (QED) is 0.0584. The van der Waals surface area contributed by atoms with E-state index < -0.39 is 24.2 Å². The topological polar surface area (TPSA) is 182 Å². The van der Waals surface area contributed by atoms with Crippen molar-refractivity contribution in [2.45, 2.75) is 152 Å². The molecule has 0 radical (unpaired) electrons. The van der Waals surface area contributed by atoms with Crippen LogP contribution in [0.15, 0.2) is 97.1 Å². The van der Waals surface area contributed by atoms with Crippen LogP contribution in [0, 0.1) is 11.8 Å². The predicted octanol–water partition coefficient (Wildman–Crippen LogP) is 6.79. The second kappa shape index (κ2) is 29.0. The summed E-state index contributed by atoms with van der Waals surface area (Å²) in [6, 6.07) is 28.3. The maximum Gasteiger partial charge on any atom is 0.253 e. The van der Waals surface area contributed by atoms with Crippen molar-refractivity contribution in [1.29, 1.82) is 0 Å². The van der Waals surface area contributed by atoms with Gasteiger partial charge in [-0.25, -0.2) is 0 Å². The third-order valence-electron chi connectivity index (χ3n) is 17.8. The van der Waals surface area contributed by atoms with Crippen LogP contribution in [0.4, 0.5) is 0 Å². The van der Waals surface area contributed by atoms with E-state index in [1.807, 2.05) is 92.4 Å². The molecule has 16 heteroatoms. The van der Waals surface area contributed by atoms with E-state index in [9.17, 15) is 19.2 Å². The van der Waals surface area contributed by atoms with E-state index in [0.717, 1.165) is 86.1 Å². The van der Waals surface area contributed by atoms with Crippen molar-refractivity contribution in [3.63, 3.8) is 0 Å². The lowest BCUT2D eigenvalue weighted by Crippen LogP contribution is -2.57. The fraction of sp³-hybridized carbons (Fsp3) is 0.562. The van der Waals surface area contributed by atoms with Crippen molar-refractivity contribution in [3.8, 4) is 0 Å². The highest BCUT2D eigenvalue weighted by Crippen LogP contribution is 2.33. The Morgan fingerprint density at radius 3 is 1.26 bits per heavy atom. The number of hydrogen-bond acceptors (Lipinski definition) is 10. The Morgan fingerprint density at radius 2 is 0.912 bits per heavy atom. The number of ether oxygens (including phenoxy) is 2. The normalized spacial score (nSPS) is 21.4. The molecule has 8 rings (SSSR count). The van der Waals surface area contributed by atoms with Crippen LogP contribution in [0.3, 0.4) is 0 Å². The molecule has 4 N–H and O–H groups in total. The van der Waals surface area contributed by atoms with Crippen molar-refractivity contribution in [1.82, 2.24) is 40.9 Å². The fourth-order valence-electron chi connectivity index (χ4n) is 12.6. The van der Waals surface area contributed by atoms with E-state index in [-0.39, 0.29) is 84.7 Å². The summed E-state index contributed by atoms with van der Waals surface area (Å²) in [5, 5.41) is 13.9. The standard InChI is InChI=1S/C64H88N8O8/c1-43(65-3)59(73)67-57(47-23-15-9-16-24-47)63(77)71-41-55(79-5)37-53(71)39-69(33-31-45-19-11-7-12-20-45)61(75)51-29-27-50-36-52(30-28-49(50)35-51)62(76)70(34-32-46-21-13-8-14-22-46)40-54-38-56(80-6)42-72(54)64(78)58(48-25-17-10-18-26-48)68-60(74)44(2)66-4/h7-8,11-14,19-22,27-30,35-36,43-44,47-48,53-58,65-66H,9-10,15-18,23-26,31-34,37-42H2,1-6H3,(H,67,73)(H,68,74)/t43-,44-,53-,54+,55+,56+,57-,58-/m0/s1. The van der Waals surface area contributed by atoms with Crippen molar-refractivity contribution in [3.05, 3.63) is 119 Å². The molecular formula is C64H88N8O8. The monoisotopic (exact) mass is 1100 g/mol. The molecule has 8 atom stereocenters. The van der Waals surface area contributed by atoms with Gasteiger partial charge in [-0.2, -0.15) is 0 Å². The Kier molecular flexibility index (Phi) is 21.7. The predicted molar refractivity (Wildman–Crippen MR) is 312 cm³/mol. The molecular weight excluding hydrogens is 1010 g/mol. The van der Waals surface area contributed by atoms with E-state index >= 15 is 9.59 Å². The summed E-state index contributed by atoms with van der Waals surface area (Å²) < 4.78 is 11.8. The lowest BCUT2D eigenvalue weighted by atomic mass is 9.83. The number of benzene rings is 4. The zero-order chi connectivity index (χ0) is 56.7. The zero-order valence-electron chi connectivity index (χ0n) is 48.2. The van der Waals surface area contributed by atoms with Crippen LogP contribution in [0.25, 0.3) is 10.8 Å². The van der Waals surface area contributed by atoms with E-state index in [1.54, 1.807) is 42.2 Å². The minimum absolute atomic E-state index is 0.0167. The third kappa shape index (κ3) is 15.2. The summed E-state index contributed by atoms with van der Waals surface area (Å²) in [6.45, 7) is 5.69. The van der Waals surface area contributed by atoms with E-state index in [1.165, 1.54) is 0 Å². The molecule has 0 spiro atoms. The number of amides is 6. The second-order valence-corrected chi connectivity index (χ2v) is 23.0. The summed E-state index contributed by atoms with van der Waals surface area (Å²) in [4.78, 5) is 94.1. The summed E-state index contributed by atoms with van der Waals surface area (Å²) in [5.74, 6) is -0.984. The first-order valence-corrected chi connectivity index (χ1v) is 29.6. The highest BCUT2D eigenvalue weighted by molar-refractivity contribution is 6.02. The van der Waals surface area contributed by atoms with Gasteiger partial charge >= 0.3 is 0 Å². The summed E-state index contributed by atoms with van der Waals surface area (Å²) >= 11 is 0. The molecule has 432 valence electrons. The average molecular weight is 1100 g/mol. The number of fused-ring (bicyclic) bond motifs is 1. The van der Waals surface area contributed by atoms with Crippen LogP contribution in [0.2, 0.25) is 0 Å². The van der Waals surface area contributed by atoms with Crippen molar-refractivity contribution < 1.29 is 38.2 Å². The second-order valence-electron chi connectivity index (χ2n) is 23.0. The molecule has 4 fully saturated rings. The van der Waals surface area contributed by atoms with Crippen LogP contribution in [0.5, 0.6) is 0 Å². The Morgan fingerprint density at radius 1 is 0.537 bits per heavy atom. The minimum atomic E-state index is -0.681. The van der Waals surface area contributed by atoms with Gasteiger partial charge in [0.15, 0.2) is 0 Å². The Hall–Kier alpha value is -6.20. The van der Waals surface area contributed by atoms with Gasteiger partial charge in [-0.1, -0.05) is 111 Å². The third-order valence-corrected chi connectivity index (χ3v) is 17.8. The van der Waals surface area contributed by atoms with E-state index in [0.29, 0.717) is 63.0 Å². The summed E-state index contributed by atoms with van der Waals surface area (Å²) in [6.07, 6.45) is 11.5. The molecule has 4 aromatic carbocycles. The molecule has 80 heavy (non-hydrogen) atoms. The van der Waals surface area contributed by atoms with Gasteiger partial charge in [-0.05, 0) is 137 Å². The van der Waals surface area contributed by atoms with Gasteiger partial charge in [0.2, 0.25) is 23.6 Å². The van der Waals surface area contributed by atoms with Gasteiger partial charge in [0.05, 0.1) is 36.4 Å². The smallest absolute Gasteiger partial charge is 0.253 e. The molecule has 2 saturated heterocycles. The van der Waals surface area contributed by atoms with Crippen molar-refractivity contribution in [2.75, 3.05) is 67.6 Å². The van der Waals surface area contributed by atoms with Crippen LogP contribution < -0.4 is 21.3 Å². The molecule has 6 amide bonds. The molecule has 2 aliphatic heterocycles. The molecule has 16 nitrogen and oxygen atoms in total. The van der Waals surface area contributed by atoms with Gasteiger partial charge in [-0.15, -0.1) is 0 Å². The van der Waals surface area contributed by atoms with E-state index in [2.05, 4.69) is 45.5 Å². The Bertz CT molecular complexity index is 2520. The largest absolute Gasteiger partial charge is 0.380 e. The molecule has 2 saturated carbocycles. The van der Waals surface area contributed by atoms with Crippen LogP contribution in [0.1, 0.15) is 123 Å². The number of carbonyl (C=O) groups excluding carboxylic acids is 6. The number of hydrogen-bond donors (Lipinski definition) is 4. The lowest BCUT2D eigenvalue weighted by molar-refractivity contribution is -0.140. The number of likely N-dealkylation sites (tertiary alicyclic amines) is 2. The highest BCUT2D eigenvalue weighted by atomic mass is 16.5. The number of carbonyl (C=O) groups is 6. The lowest BCUT2D eigenvalue weighted by Gasteiger charge is -2.37. The molecule has 2 heterocycles. The first-order valence-electron chi connectivity index (χ1n) is 29.6. The van der Waals surface area contributed by atoms with Crippen molar-refractivity contribution in [2.24, 2.45) is 11.8 Å². The van der Waals surface area contributed by atoms with Crippen LogP contribution in [-0.4, -0.2) is 171 Å². The number of methoxy groups -OCH3 is 2. The fourth-order valence-corrected chi connectivity index (χ4v) is 12.6. The van der Waals surface area contributed by atoms with Gasteiger partial charge in [0.25, 0.3) is 11.8 Å². The summed E-state index contributed by atoms with van der Waals surface area (Å²) in [5.41, 5.74) is 3.15. The van der Waals surface area contributed by atoms with Crippen LogP contribution >= 0.6 is 0 Å². The molecule has 0 bridgehead atoms. The number of nitrogens with one attached hydrogen (secondary N) is 4. The van der Waals surface area contributed by atoms with Crippen LogP contribution in [-0.2, 0) is 41.5 Å². The van der Waals surface area contributed by atoms with Gasteiger partial charge in [0, 0.05) is 64.6 Å². The van der Waals surface area contributed by atoms with Crippen molar-refractivity contribution >= 4 is 46.2 Å². The number of likely N-dealkylation sites (N-methyl/N-ethyl adjacent to an activating group) is 2. The Labute approximate surface area is 474 Å². The van der Waals surface area contributed by atoms with Gasteiger partial charge in [0.1, 0.15) is 12.1 Å². The molecule has 4 aromatic rings. The maximum absolute atomic E-state index is 15.0. The maximum atomic E-state index is 15.0. The van der Waals surface area contributed by atoms with Gasteiger partial charge in [-0.3, -0.25) is 28.8 Å². The first kappa shape index (κ1) is 59.9. The molecule has 0 unspecified atom stereocenters. The molecule has 2 aliphatic carbocycles.